The number of nitrogens with zero attached hydrogens (tertiary/aromatic N) is 1. The number of ether oxygens (including phenoxy) is 1. The zero-order valence-electron chi connectivity index (χ0n) is 15.0. The van der Waals surface area contributed by atoms with Crippen LogP contribution in [0.4, 0.5) is 5.69 Å². The van der Waals surface area contributed by atoms with E-state index in [-0.39, 0.29) is 11.9 Å². The SMILES string of the molecule is CC[C@H](NC(=O)c1ccc(N2CCOCC2)cc1)c1ccc(C)cc1. The van der Waals surface area contributed by atoms with Crippen LogP contribution in [0.15, 0.2) is 48.5 Å². The number of carbonyl (C=O) groups excluding carboxylic acids is 1. The van der Waals surface area contributed by atoms with Gasteiger partial charge in [0, 0.05) is 24.3 Å². The summed E-state index contributed by atoms with van der Waals surface area (Å²) >= 11 is 0. The minimum Gasteiger partial charge on any atom is -0.378 e. The molecule has 1 aliphatic heterocycles. The van der Waals surface area contributed by atoms with Crippen LogP contribution in [0.25, 0.3) is 0 Å². The lowest BCUT2D eigenvalue weighted by Crippen LogP contribution is -2.36. The Bertz CT molecular complexity index is 689. The van der Waals surface area contributed by atoms with Crippen molar-refractivity contribution >= 4 is 11.6 Å². The Hall–Kier alpha value is -2.33. The Morgan fingerprint density at radius 1 is 1.08 bits per heavy atom. The van der Waals surface area contributed by atoms with E-state index in [1.807, 2.05) is 24.3 Å². The highest BCUT2D eigenvalue weighted by Crippen LogP contribution is 2.20. The van der Waals surface area contributed by atoms with Crippen LogP contribution in [0.3, 0.4) is 0 Å². The topological polar surface area (TPSA) is 41.6 Å². The minimum absolute atomic E-state index is 0.0269. The van der Waals surface area contributed by atoms with Gasteiger partial charge in [0.1, 0.15) is 0 Å². The number of benzene rings is 2. The lowest BCUT2D eigenvalue weighted by molar-refractivity contribution is 0.0935. The summed E-state index contributed by atoms with van der Waals surface area (Å²) in [6.07, 6.45) is 0.862. The van der Waals surface area contributed by atoms with Crippen LogP contribution in [0, 0.1) is 6.92 Å². The fraction of sp³-hybridized carbons (Fsp3) is 0.381. The summed E-state index contributed by atoms with van der Waals surface area (Å²) in [6.45, 7) is 7.48. The molecule has 0 spiro atoms. The average molecular weight is 338 g/mol. The van der Waals surface area contributed by atoms with E-state index in [4.69, 9.17) is 4.74 Å². The molecule has 1 amide bonds. The first-order valence-electron chi connectivity index (χ1n) is 8.97. The molecule has 3 rings (SSSR count). The molecule has 0 radical (unpaired) electrons. The molecule has 1 N–H and O–H groups in total. The Balaban J connectivity index is 1.66. The van der Waals surface area contributed by atoms with E-state index in [0.717, 1.165) is 44.0 Å². The minimum atomic E-state index is -0.0269. The zero-order chi connectivity index (χ0) is 17.6. The number of hydrogen-bond donors (Lipinski definition) is 1. The molecular weight excluding hydrogens is 312 g/mol. The molecule has 0 unspecified atom stereocenters. The smallest absolute Gasteiger partial charge is 0.251 e. The number of anilines is 1. The van der Waals surface area contributed by atoms with E-state index in [9.17, 15) is 4.79 Å². The van der Waals surface area contributed by atoms with Crippen molar-refractivity contribution in [1.82, 2.24) is 5.32 Å². The van der Waals surface area contributed by atoms with E-state index in [2.05, 4.69) is 48.3 Å². The quantitative estimate of drug-likeness (QED) is 0.903. The summed E-state index contributed by atoms with van der Waals surface area (Å²) < 4.78 is 5.38. The molecular formula is C21H26N2O2. The number of hydrogen-bond acceptors (Lipinski definition) is 3. The fourth-order valence-electron chi connectivity index (χ4n) is 3.11. The molecule has 2 aromatic carbocycles. The molecule has 132 valence electrons. The number of amides is 1. The summed E-state index contributed by atoms with van der Waals surface area (Å²) in [5.74, 6) is -0.0269. The highest BCUT2D eigenvalue weighted by Gasteiger charge is 2.15. The normalized spacial score (nSPS) is 15.7. The maximum Gasteiger partial charge on any atom is 0.251 e. The van der Waals surface area contributed by atoms with Crippen molar-refractivity contribution < 1.29 is 9.53 Å². The molecule has 25 heavy (non-hydrogen) atoms. The van der Waals surface area contributed by atoms with Crippen LogP contribution >= 0.6 is 0 Å². The molecule has 2 aromatic rings. The molecule has 0 aromatic heterocycles. The van der Waals surface area contributed by atoms with Gasteiger partial charge in [0.25, 0.3) is 5.91 Å². The van der Waals surface area contributed by atoms with E-state index in [1.165, 1.54) is 5.56 Å². The standard InChI is InChI=1S/C21H26N2O2/c1-3-20(17-6-4-16(2)5-7-17)22-21(24)18-8-10-19(11-9-18)23-12-14-25-15-13-23/h4-11,20H,3,12-15H2,1-2H3,(H,22,24)/t20-/m0/s1. The van der Waals surface area contributed by atoms with E-state index in [0.29, 0.717) is 5.56 Å². The first-order valence-corrected chi connectivity index (χ1v) is 8.97. The van der Waals surface area contributed by atoms with Crippen LogP contribution in [-0.2, 0) is 4.74 Å². The zero-order valence-corrected chi connectivity index (χ0v) is 15.0. The second-order valence-corrected chi connectivity index (χ2v) is 6.49. The third kappa shape index (κ3) is 4.40. The van der Waals surface area contributed by atoms with E-state index < -0.39 is 0 Å². The maximum atomic E-state index is 12.6. The third-order valence-electron chi connectivity index (χ3n) is 4.70. The van der Waals surface area contributed by atoms with Gasteiger partial charge in [0.15, 0.2) is 0 Å². The van der Waals surface area contributed by atoms with Gasteiger partial charge in [-0.3, -0.25) is 4.79 Å². The number of carbonyl (C=O) groups is 1. The van der Waals surface area contributed by atoms with Gasteiger partial charge in [-0.1, -0.05) is 36.8 Å². The fourth-order valence-corrected chi connectivity index (χ4v) is 3.11. The average Bonchev–Trinajstić information content (AvgIpc) is 2.67. The number of rotatable bonds is 5. The van der Waals surface area contributed by atoms with Crippen molar-refractivity contribution in [1.29, 1.82) is 0 Å². The van der Waals surface area contributed by atoms with Gasteiger partial charge >= 0.3 is 0 Å². The summed E-state index contributed by atoms with van der Waals surface area (Å²) in [5.41, 5.74) is 4.21. The van der Waals surface area contributed by atoms with Crippen molar-refractivity contribution in [2.75, 3.05) is 31.2 Å². The van der Waals surface area contributed by atoms with Gasteiger partial charge in [-0.15, -0.1) is 0 Å². The van der Waals surface area contributed by atoms with Crippen LogP contribution in [0.1, 0.15) is 40.9 Å². The van der Waals surface area contributed by atoms with Gasteiger partial charge < -0.3 is 15.0 Å². The van der Waals surface area contributed by atoms with Crippen LogP contribution in [0.2, 0.25) is 0 Å². The number of aryl methyl sites for hydroxylation is 1. The van der Waals surface area contributed by atoms with Gasteiger partial charge in [-0.05, 0) is 43.2 Å². The Kier molecular flexibility index (Phi) is 5.71. The first-order chi connectivity index (χ1) is 12.2. The second kappa shape index (κ2) is 8.17. The molecule has 1 aliphatic rings. The molecule has 4 heteroatoms. The highest BCUT2D eigenvalue weighted by molar-refractivity contribution is 5.94. The largest absolute Gasteiger partial charge is 0.378 e. The van der Waals surface area contributed by atoms with Crippen LogP contribution in [-0.4, -0.2) is 32.2 Å². The number of morpholine rings is 1. The molecule has 1 heterocycles. The Morgan fingerprint density at radius 3 is 2.32 bits per heavy atom. The predicted octanol–water partition coefficient (Wildman–Crippen LogP) is 3.71. The molecule has 4 nitrogen and oxygen atoms in total. The van der Waals surface area contributed by atoms with Crippen molar-refractivity contribution in [2.45, 2.75) is 26.3 Å². The lowest BCUT2D eigenvalue weighted by atomic mass is 10.0. The highest BCUT2D eigenvalue weighted by atomic mass is 16.5. The number of nitrogens with one attached hydrogen (secondary N) is 1. The van der Waals surface area contributed by atoms with Crippen LogP contribution in [0.5, 0.6) is 0 Å². The summed E-state index contributed by atoms with van der Waals surface area (Å²) in [6, 6.07) is 16.2. The van der Waals surface area contributed by atoms with Gasteiger partial charge in [-0.25, -0.2) is 0 Å². The van der Waals surface area contributed by atoms with E-state index >= 15 is 0 Å². The lowest BCUT2D eigenvalue weighted by Gasteiger charge is -2.28. The Labute approximate surface area is 149 Å². The van der Waals surface area contributed by atoms with Gasteiger partial charge in [-0.2, -0.15) is 0 Å². The van der Waals surface area contributed by atoms with Crippen molar-refractivity contribution in [3.63, 3.8) is 0 Å². The molecule has 1 saturated heterocycles. The van der Waals surface area contributed by atoms with Gasteiger partial charge in [0.05, 0.1) is 19.3 Å². The van der Waals surface area contributed by atoms with Gasteiger partial charge in [0.2, 0.25) is 0 Å². The summed E-state index contributed by atoms with van der Waals surface area (Å²) in [7, 11) is 0. The summed E-state index contributed by atoms with van der Waals surface area (Å²) in [5, 5.41) is 3.15. The summed E-state index contributed by atoms with van der Waals surface area (Å²) in [4.78, 5) is 14.9. The molecule has 0 aliphatic carbocycles. The second-order valence-electron chi connectivity index (χ2n) is 6.49. The molecule has 1 atom stereocenters. The van der Waals surface area contributed by atoms with Crippen molar-refractivity contribution in [3.05, 3.63) is 65.2 Å². The first kappa shape index (κ1) is 17.5. The molecule has 1 fully saturated rings. The van der Waals surface area contributed by atoms with Crippen molar-refractivity contribution in [3.8, 4) is 0 Å². The van der Waals surface area contributed by atoms with E-state index in [1.54, 1.807) is 0 Å². The molecule has 0 bridgehead atoms. The van der Waals surface area contributed by atoms with Crippen molar-refractivity contribution in [2.24, 2.45) is 0 Å². The molecule has 0 saturated carbocycles. The third-order valence-corrected chi connectivity index (χ3v) is 4.70. The van der Waals surface area contributed by atoms with Crippen LogP contribution < -0.4 is 10.2 Å². The Morgan fingerprint density at radius 2 is 1.72 bits per heavy atom. The monoisotopic (exact) mass is 338 g/mol. The predicted molar refractivity (Wildman–Crippen MR) is 101 cm³/mol. The maximum absolute atomic E-state index is 12.6.